The molecule has 2 saturated carbocycles. The monoisotopic (exact) mass is 906 g/mol. The molecule has 4 aromatic carbocycles. The quantitative estimate of drug-likeness (QED) is 0.0567. The lowest BCUT2D eigenvalue weighted by molar-refractivity contribution is -0.146. The first-order valence-electron chi connectivity index (χ1n) is 21.6. The van der Waals surface area contributed by atoms with E-state index in [1.54, 1.807) is 12.1 Å². The predicted octanol–water partition coefficient (Wildman–Crippen LogP) is 10.6. The summed E-state index contributed by atoms with van der Waals surface area (Å²) in [5, 5.41) is 26.4. The molecule has 0 radical (unpaired) electrons. The van der Waals surface area contributed by atoms with Crippen LogP contribution in [-0.2, 0) is 19.1 Å². The van der Waals surface area contributed by atoms with Crippen molar-refractivity contribution in [1.82, 2.24) is 0 Å². The Morgan fingerprint density at radius 1 is 0.758 bits per heavy atom. The van der Waals surface area contributed by atoms with Gasteiger partial charge in [0.25, 0.3) is 0 Å². The van der Waals surface area contributed by atoms with Crippen molar-refractivity contribution in [1.29, 1.82) is 5.26 Å². The van der Waals surface area contributed by atoms with Crippen molar-refractivity contribution in [2.24, 2.45) is 23.7 Å². The first kappa shape index (κ1) is 49.5. The van der Waals surface area contributed by atoms with E-state index in [4.69, 9.17) is 40.8 Å². The molecule has 0 aromatic heterocycles. The summed E-state index contributed by atoms with van der Waals surface area (Å²) >= 11 is 3.56. The minimum Gasteiger partial charge on any atom is -0.493 e. The first-order chi connectivity index (χ1) is 29.8. The van der Waals surface area contributed by atoms with E-state index >= 15 is 0 Å². The summed E-state index contributed by atoms with van der Waals surface area (Å²) in [5.74, 6) is 3.00. The van der Waals surface area contributed by atoms with Gasteiger partial charge in [-0.15, -0.1) is 0 Å². The fourth-order valence-corrected chi connectivity index (χ4v) is 7.07. The Morgan fingerprint density at radius 2 is 1.24 bits per heavy atom. The molecular formula is C50H60BBrN2O8. The second-order valence-electron chi connectivity index (χ2n) is 16.6. The third kappa shape index (κ3) is 16.3. The van der Waals surface area contributed by atoms with Crippen LogP contribution < -0.4 is 14.9 Å². The number of rotatable bonds is 18. The summed E-state index contributed by atoms with van der Waals surface area (Å²) in [7, 11) is -1.45. The van der Waals surface area contributed by atoms with E-state index in [1.807, 2.05) is 74.5 Å². The lowest BCUT2D eigenvalue weighted by atomic mass is 9.80. The molecule has 0 bridgehead atoms. The van der Waals surface area contributed by atoms with Crippen LogP contribution in [0.25, 0.3) is 16.0 Å². The van der Waals surface area contributed by atoms with Crippen LogP contribution in [0, 0.1) is 41.6 Å². The summed E-state index contributed by atoms with van der Waals surface area (Å²) in [4.78, 5) is 28.0. The number of nitrogens with zero attached hydrogens (tertiary/aromatic N) is 2. The van der Waals surface area contributed by atoms with Gasteiger partial charge in [-0.05, 0) is 151 Å². The highest BCUT2D eigenvalue weighted by Crippen LogP contribution is 2.38. The van der Waals surface area contributed by atoms with Gasteiger partial charge in [0.2, 0.25) is 0 Å². The standard InChI is InChI=1S/C25H29NO3.C18H25BrO3.C7H6BNO2/c1-4-28-25(27)23(13-17(2)3)21-11-12-24(29-16-19-5-6-19)22(14-21)20-9-7-18(15-26)8-10-20;1-4-21-18(20)15(9-12(2)3)14-7-8-17(16(19)10-14)22-11-13-5-6-13;1-9-7-4-2-6(3-5-7)8(10)11/h7-12,14,17,19,23H,4-6,13,16H2,1-3H3;7-8,10,12-13,15H,4-6,9,11H2,1-3H3;2-5,10-11H. The molecule has 2 atom stereocenters. The topological polar surface area (TPSA) is 140 Å². The fourth-order valence-electron chi connectivity index (χ4n) is 6.56. The lowest BCUT2D eigenvalue weighted by Crippen LogP contribution is -2.29. The average molecular weight is 908 g/mol. The number of nitriles is 1. The maximum Gasteiger partial charge on any atom is 0.488 e. The third-order valence-electron chi connectivity index (χ3n) is 10.3. The zero-order valence-corrected chi connectivity index (χ0v) is 38.4. The Hall–Kier alpha value is -5.14. The second kappa shape index (κ2) is 25.1. The maximum absolute atomic E-state index is 12.6. The zero-order valence-electron chi connectivity index (χ0n) is 36.8. The summed E-state index contributed by atoms with van der Waals surface area (Å²) < 4.78 is 23.4. The molecule has 0 heterocycles. The van der Waals surface area contributed by atoms with Gasteiger partial charge in [0.1, 0.15) is 11.5 Å². The Kier molecular flexibility index (Phi) is 20.0. The molecule has 2 unspecified atom stereocenters. The molecule has 2 aliphatic carbocycles. The Balaban J connectivity index is 0.000000225. The SMILES string of the molecule is CCOC(=O)C(CC(C)C)c1ccc(OCC2CC2)c(-c2ccc(C#N)cc2)c1.CCOC(=O)C(CC(C)C)c1ccc(OCC2CC2)c(Br)c1.[C-]#[N+]c1ccc(B(O)O)cc1. The third-order valence-corrected chi connectivity index (χ3v) is 10.9. The molecule has 6 rings (SSSR count). The average Bonchev–Trinajstić information content (AvgIpc) is 4.21. The predicted molar refractivity (Wildman–Crippen MR) is 247 cm³/mol. The summed E-state index contributed by atoms with van der Waals surface area (Å²) in [5.41, 5.74) is 5.36. The molecule has 328 valence electrons. The van der Waals surface area contributed by atoms with Crippen LogP contribution in [0.5, 0.6) is 11.5 Å². The normalized spacial score (nSPS) is 13.8. The summed E-state index contributed by atoms with van der Waals surface area (Å²) in [6.07, 6.45) is 6.51. The van der Waals surface area contributed by atoms with Crippen molar-refractivity contribution in [2.75, 3.05) is 26.4 Å². The van der Waals surface area contributed by atoms with E-state index in [1.165, 1.54) is 37.8 Å². The number of esters is 2. The molecule has 12 heteroatoms. The molecular weight excluding hydrogens is 847 g/mol. The Morgan fingerprint density at radius 3 is 1.66 bits per heavy atom. The number of hydrogen-bond acceptors (Lipinski definition) is 9. The summed E-state index contributed by atoms with van der Waals surface area (Å²) in [6, 6.07) is 27.7. The van der Waals surface area contributed by atoms with E-state index in [0.717, 1.165) is 70.2 Å². The Labute approximate surface area is 376 Å². The van der Waals surface area contributed by atoms with Crippen LogP contribution >= 0.6 is 15.9 Å². The van der Waals surface area contributed by atoms with Crippen molar-refractivity contribution in [3.63, 3.8) is 0 Å². The fraction of sp³-hybridized carbons (Fsp3) is 0.440. The van der Waals surface area contributed by atoms with Gasteiger partial charge in [-0.2, -0.15) is 5.26 Å². The number of hydrogen-bond donors (Lipinski definition) is 2. The van der Waals surface area contributed by atoms with E-state index in [2.05, 4.69) is 54.5 Å². The maximum atomic E-state index is 12.6. The van der Waals surface area contributed by atoms with Crippen LogP contribution in [0.2, 0.25) is 0 Å². The Bertz CT molecular complexity index is 2120. The van der Waals surface area contributed by atoms with E-state index in [0.29, 0.717) is 47.7 Å². The lowest BCUT2D eigenvalue weighted by Gasteiger charge is -2.20. The molecule has 62 heavy (non-hydrogen) atoms. The molecule has 10 nitrogen and oxygen atoms in total. The van der Waals surface area contributed by atoms with Gasteiger partial charge in [-0.3, -0.25) is 9.59 Å². The molecule has 2 aliphatic rings. The zero-order chi connectivity index (χ0) is 45.2. The van der Waals surface area contributed by atoms with Crippen molar-refractivity contribution in [3.8, 4) is 28.7 Å². The van der Waals surface area contributed by atoms with E-state index in [9.17, 15) is 9.59 Å². The van der Waals surface area contributed by atoms with Gasteiger partial charge in [-0.25, -0.2) is 4.85 Å². The second-order valence-corrected chi connectivity index (χ2v) is 17.4. The van der Waals surface area contributed by atoms with Crippen LogP contribution in [-0.4, -0.2) is 55.5 Å². The van der Waals surface area contributed by atoms with Gasteiger partial charge >= 0.3 is 19.1 Å². The van der Waals surface area contributed by atoms with Crippen molar-refractivity contribution in [2.45, 2.75) is 91.9 Å². The van der Waals surface area contributed by atoms with Gasteiger partial charge < -0.3 is 29.0 Å². The highest BCUT2D eigenvalue weighted by molar-refractivity contribution is 9.10. The van der Waals surface area contributed by atoms with Gasteiger partial charge in [0.15, 0.2) is 5.69 Å². The number of benzene rings is 4. The number of carbonyl (C=O) groups is 2. The van der Waals surface area contributed by atoms with Gasteiger partial charge in [0.05, 0.1) is 60.9 Å². The van der Waals surface area contributed by atoms with Crippen molar-refractivity contribution in [3.05, 3.63) is 118 Å². The van der Waals surface area contributed by atoms with Crippen LogP contribution in [0.4, 0.5) is 5.69 Å². The minimum atomic E-state index is -1.45. The number of halogens is 1. The molecule has 0 aliphatic heterocycles. The highest BCUT2D eigenvalue weighted by Gasteiger charge is 2.27. The molecule has 2 fully saturated rings. The molecule has 0 saturated heterocycles. The van der Waals surface area contributed by atoms with E-state index in [-0.39, 0.29) is 23.8 Å². The summed E-state index contributed by atoms with van der Waals surface area (Å²) in [6.45, 7) is 21.0. The smallest absolute Gasteiger partial charge is 0.488 e. The van der Waals surface area contributed by atoms with Crippen LogP contribution in [0.3, 0.4) is 0 Å². The molecule has 2 N–H and O–H groups in total. The first-order valence-corrected chi connectivity index (χ1v) is 22.4. The largest absolute Gasteiger partial charge is 0.493 e. The van der Waals surface area contributed by atoms with Crippen LogP contribution in [0.1, 0.15) is 109 Å². The minimum absolute atomic E-state index is 0.144. The number of carbonyl (C=O) groups excluding carboxylic acids is 2. The van der Waals surface area contributed by atoms with Crippen molar-refractivity contribution >= 4 is 46.1 Å². The van der Waals surface area contributed by atoms with Crippen LogP contribution in [0.15, 0.2) is 89.4 Å². The highest BCUT2D eigenvalue weighted by atomic mass is 79.9. The van der Waals surface area contributed by atoms with Gasteiger partial charge in [0, 0.05) is 5.56 Å². The van der Waals surface area contributed by atoms with Crippen molar-refractivity contribution < 1.29 is 38.6 Å². The molecule has 0 amide bonds. The molecule has 0 spiro atoms. The van der Waals surface area contributed by atoms with E-state index < -0.39 is 7.12 Å². The molecule has 4 aromatic rings. The number of ether oxygens (including phenoxy) is 4. The van der Waals surface area contributed by atoms with Gasteiger partial charge in [-0.1, -0.05) is 76.2 Å².